The summed E-state index contributed by atoms with van der Waals surface area (Å²) in [6, 6.07) is 0. The largest absolute Gasteiger partial charge is 0.367 e. The minimum atomic E-state index is -3.69. The van der Waals surface area contributed by atoms with Crippen LogP contribution in [0, 0.1) is 6.92 Å². The van der Waals surface area contributed by atoms with Gasteiger partial charge < -0.3 is 4.74 Å². The Kier molecular flexibility index (Phi) is 4.37. The highest BCUT2D eigenvalue weighted by atomic mass is 32.2. The van der Waals surface area contributed by atoms with Crippen LogP contribution >= 0.6 is 0 Å². The molecule has 0 amide bonds. The van der Waals surface area contributed by atoms with E-state index in [1.165, 1.54) is 4.31 Å². The van der Waals surface area contributed by atoms with Gasteiger partial charge in [-0.2, -0.15) is 4.31 Å². The summed E-state index contributed by atoms with van der Waals surface area (Å²) >= 11 is 0. The predicted octanol–water partition coefficient (Wildman–Crippen LogP) is 0.166. The lowest BCUT2D eigenvalue weighted by molar-refractivity contribution is -0.0936. The summed E-state index contributed by atoms with van der Waals surface area (Å²) in [5, 5.41) is -0.849. The lowest BCUT2D eigenvalue weighted by atomic mass is 9.85. The number of rotatable bonds is 2. The third kappa shape index (κ3) is 3.06. The van der Waals surface area contributed by atoms with Gasteiger partial charge in [0.25, 0.3) is 0 Å². The first-order valence-electron chi connectivity index (χ1n) is 8.88. The molecule has 2 unspecified atom stereocenters. The molecule has 3 aliphatic rings. The van der Waals surface area contributed by atoms with Crippen LogP contribution in [0.25, 0.3) is 0 Å². The summed E-state index contributed by atoms with van der Waals surface area (Å²) in [6.45, 7) is 2.90. The van der Waals surface area contributed by atoms with Crippen LogP contribution in [0.3, 0.4) is 0 Å². The van der Waals surface area contributed by atoms with E-state index < -0.39 is 30.7 Å². The van der Waals surface area contributed by atoms with Crippen LogP contribution in [-0.4, -0.2) is 67.6 Å². The molecule has 2 atom stereocenters. The molecule has 0 bridgehead atoms. The van der Waals surface area contributed by atoms with Crippen LogP contribution in [0.1, 0.15) is 36.3 Å². The number of nitrogens with zero attached hydrogens (tertiary/aromatic N) is 3. The van der Waals surface area contributed by atoms with Crippen molar-refractivity contribution in [1.82, 2.24) is 14.3 Å². The highest BCUT2D eigenvalue weighted by Gasteiger charge is 2.48. The second-order valence-corrected chi connectivity index (χ2v) is 11.8. The van der Waals surface area contributed by atoms with Crippen LogP contribution < -0.4 is 0 Å². The fourth-order valence-corrected chi connectivity index (χ4v) is 8.83. The molecule has 0 aliphatic carbocycles. The molecule has 1 aromatic heterocycles. The Hall–Kier alpha value is -1.10. The normalized spacial score (nSPS) is 31.8. The molecule has 2 fully saturated rings. The van der Waals surface area contributed by atoms with Crippen LogP contribution in [0.4, 0.5) is 0 Å². The minimum Gasteiger partial charge on any atom is -0.367 e. The Morgan fingerprint density at radius 1 is 1.38 bits per heavy atom. The van der Waals surface area contributed by atoms with Crippen LogP contribution in [0.5, 0.6) is 0 Å². The lowest BCUT2D eigenvalue weighted by Gasteiger charge is -2.44. The third-order valence-electron chi connectivity index (χ3n) is 5.56. The van der Waals surface area contributed by atoms with Crippen molar-refractivity contribution in [2.75, 3.05) is 31.2 Å². The van der Waals surface area contributed by atoms with Crippen molar-refractivity contribution in [3.8, 4) is 0 Å². The number of ether oxygens (including phenoxy) is 1. The number of aromatic nitrogens is 2. The minimum absolute atomic E-state index is 0.0539. The van der Waals surface area contributed by atoms with Gasteiger partial charge in [0.1, 0.15) is 11.4 Å². The number of sulfonamides is 1. The number of sulfone groups is 1. The first-order valence-corrected chi connectivity index (χ1v) is 12.2. The second-order valence-electron chi connectivity index (χ2n) is 7.39. The van der Waals surface area contributed by atoms with Gasteiger partial charge in [-0.1, -0.05) is 0 Å². The Morgan fingerprint density at radius 2 is 2.19 bits per heavy atom. The molecular weight excluding hydrogens is 378 g/mol. The molecule has 2 saturated heterocycles. The van der Waals surface area contributed by atoms with Gasteiger partial charge >= 0.3 is 0 Å². The summed E-state index contributed by atoms with van der Waals surface area (Å²) in [7, 11) is -6.95. The van der Waals surface area contributed by atoms with E-state index in [0.717, 1.165) is 11.3 Å². The molecule has 1 aromatic rings. The van der Waals surface area contributed by atoms with Crippen molar-refractivity contribution in [2.24, 2.45) is 0 Å². The summed E-state index contributed by atoms with van der Waals surface area (Å²) in [5.41, 5.74) is 1.03. The summed E-state index contributed by atoms with van der Waals surface area (Å²) < 4.78 is 57.1. The number of hydrogen-bond donors (Lipinski definition) is 0. The van der Waals surface area contributed by atoms with Crippen LogP contribution in [0.15, 0.2) is 6.20 Å². The molecule has 10 heteroatoms. The number of aryl methyl sites for hydroxylation is 1. The van der Waals surface area contributed by atoms with E-state index in [4.69, 9.17) is 4.74 Å². The highest BCUT2D eigenvalue weighted by molar-refractivity contribution is 7.95. The van der Waals surface area contributed by atoms with E-state index in [-0.39, 0.29) is 24.5 Å². The highest BCUT2D eigenvalue weighted by Crippen LogP contribution is 2.40. The van der Waals surface area contributed by atoms with Crippen molar-refractivity contribution < 1.29 is 21.6 Å². The Balaban J connectivity index is 1.66. The molecular formula is C16H23N3O5S2. The molecule has 3 aliphatic heterocycles. The maximum Gasteiger partial charge on any atom is 0.218 e. The van der Waals surface area contributed by atoms with Crippen molar-refractivity contribution in [2.45, 2.75) is 43.5 Å². The smallest absolute Gasteiger partial charge is 0.218 e. The van der Waals surface area contributed by atoms with Crippen LogP contribution in [-0.2, 0) is 36.6 Å². The van der Waals surface area contributed by atoms with Gasteiger partial charge in [-0.25, -0.2) is 26.8 Å². The quantitative estimate of drug-likeness (QED) is 0.695. The van der Waals surface area contributed by atoms with E-state index in [2.05, 4.69) is 9.97 Å². The maximum atomic E-state index is 13.1. The average Bonchev–Trinajstić information content (AvgIpc) is 2.97. The Bertz CT molecular complexity index is 931. The van der Waals surface area contributed by atoms with Gasteiger partial charge in [-0.3, -0.25) is 0 Å². The Labute approximate surface area is 153 Å². The maximum absolute atomic E-state index is 13.1. The van der Waals surface area contributed by atoms with Gasteiger partial charge in [0, 0.05) is 19.3 Å². The number of piperidine rings is 1. The predicted molar refractivity (Wildman–Crippen MR) is 94.9 cm³/mol. The van der Waals surface area contributed by atoms with Crippen molar-refractivity contribution in [3.05, 3.63) is 23.3 Å². The van der Waals surface area contributed by atoms with Crippen molar-refractivity contribution in [1.29, 1.82) is 0 Å². The molecule has 144 valence electrons. The van der Waals surface area contributed by atoms with Gasteiger partial charge in [-0.05, 0) is 38.2 Å². The topological polar surface area (TPSA) is 107 Å². The molecule has 1 spiro atoms. The van der Waals surface area contributed by atoms with Crippen LogP contribution in [0.2, 0.25) is 0 Å². The molecule has 0 saturated carbocycles. The Morgan fingerprint density at radius 3 is 2.92 bits per heavy atom. The first kappa shape index (κ1) is 18.3. The van der Waals surface area contributed by atoms with Gasteiger partial charge in [0.05, 0.1) is 29.1 Å². The zero-order chi connectivity index (χ0) is 18.6. The second kappa shape index (κ2) is 6.22. The van der Waals surface area contributed by atoms with Gasteiger partial charge in [-0.15, -0.1) is 0 Å². The van der Waals surface area contributed by atoms with E-state index in [1.807, 2.05) is 6.92 Å². The molecule has 0 radical (unpaired) electrons. The SMILES string of the molecule is Cc1ncc2c(n1)C1(CCCN(S(=O)(=O)C3CCS(=O)(=O)C3)C1)OCC2. The zero-order valence-corrected chi connectivity index (χ0v) is 16.4. The molecule has 4 heterocycles. The summed E-state index contributed by atoms with van der Waals surface area (Å²) in [4.78, 5) is 8.83. The molecule has 26 heavy (non-hydrogen) atoms. The van der Waals surface area contributed by atoms with E-state index in [1.54, 1.807) is 6.20 Å². The fourth-order valence-electron chi connectivity index (χ4n) is 4.22. The summed E-state index contributed by atoms with van der Waals surface area (Å²) in [6.07, 6.45) is 4.05. The molecule has 0 N–H and O–H groups in total. The first-order chi connectivity index (χ1) is 12.2. The zero-order valence-electron chi connectivity index (χ0n) is 14.7. The summed E-state index contributed by atoms with van der Waals surface area (Å²) in [5.74, 6) is 0.301. The average molecular weight is 402 g/mol. The number of fused-ring (bicyclic) bond motifs is 2. The van der Waals surface area contributed by atoms with E-state index >= 15 is 0 Å². The molecule has 0 aromatic carbocycles. The third-order valence-corrected chi connectivity index (χ3v) is 9.81. The lowest BCUT2D eigenvalue weighted by Crippen LogP contribution is -2.54. The molecule has 8 nitrogen and oxygen atoms in total. The number of hydrogen-bond acceptors (Lipinski definition) is 7. The van der Waals surface area contributed by atoms with Crippen molar-refractivity contribution in [3.63, 3.8) is 0 Å². The van der Waals surface area contributed by atoms with Crippen molar-refractivity contribution >= 4 is 19.9 Å². The van der Waals surface area contributed by atoms with E-state index in [9.17, 15) is 16.8 Å². The standard InChI is InChI=1S/C16H23N3O5S2/c1-12-17-9-13-3-7-24-16(15(13)18-12)5-2-6-19(11-16)26(22,23)14-4-8-25(20,21)10-14/h9,14H,2-8,10-11H2,1H3. The monoisotopic (exact) mass is 401 g/mol. The van der Waals surface area contributed by atoms with E-state index in [0.29, 0.717) is 38.2 Å². The van der Waals surface area contributed by atoms with Gasteiger partial charge in [0.15, 0.2) is 9.84 Å². The van der Waals surface area contributed by atoms with Gasteiger partial charge in [0.2, 0.25) is 10.0 Å². The molecule has 4 rings (SSSR count). The fraction of sp³-hybridized carbons (Fsp3) is 0.750.